The lowest BCUT2D eigenvalue weighted by molar-refractivity contribution is -0.324. The minimum Gasteiger partial charge on any atom is -0.404 e. The van der Waals surface area contributed by atoms with Crippen molar-refractivity contribution in [3.63, 3.8) is 0 Å². The Morgan fingerprint density at radius 1 is 1.07 bits per heavy atom. The number of benzene rings is 1. The predicted molar refractivity (Wildman–Crippen MR) is 111 cm³/mol. The summed E-state index contributed by atoms with van der Waals surface area (Å²) in [6, 6.07) is 7.98. The SMILES string of the molecule is CC(C)(C)NCc1ccc(B2OC[C@H]3O[C@H](OC(C)(C)C)[C@H](O)[C@@H](O)[C@@H]3O2)cc1. The molecule has 0 bridgehead atoms. The van der Waals surface area contributed by atoms with Crippen LogP contribution in [0.25, 0.3) is 0 Å². The van der Waals surface area contributed by atoms with Crippen LogP contribution >= 0.6 is 0 Å². The maximum Gasteiger partial charge on any atom is 0.494 e. The molecule has 0 saturated carbocycles. The second-order valence-electron chi connectivity index (χ2n) is 9.87. The fourth-order valence-electron chi connectivity index (χ4n) is 3.35. The Labute approximate surface area is 173 Å². The van der Waals surface area contributed by atoms with Gasteiger partial charge in [-0.25, -0.2) is 0 Å². The van der Waals surface area contributed by atoms with Crippen LogP contribution < -0.4 is 10.8 Å². The standard InChI is InChI=1S/C21H34BNO6/c1-20(2,3)23-11-13-7-9-14(10-8-13)22-26-12-15-18(29-22)16(24)17(25)19(27-15)28-21(4,5)6/h7-10,15-19,23-25H,11-12H2,1-6H3/t15-,16-,17-,18-,19-/m1/s1. The maximum atomic E-state index is 10.6. The summed E-state index contributed by atoms with van der Waals surface area (Å²) < 4.78 is 23.4. The van der Waals surface area contributed by atoms with Crippen molar-refractivity contribution in [1.29, 1.82) is 0 Å². The lowest BCUT2D eigenvalue weighted by Gasteiger charge is -2.47. The fraction of sp³-hybridized carbons (Fsp3) is 0.714. The number of rotatable bonds is 4. The molecule has 0 amide bonds. The first-order valence-electron chi connectivity index (χ1n) is 10.2. The number of fused-ring (bicyclic) bond motifs is 1. The van der Waals surface area contributed by atoms with Crippen LogP contribution in [0.4, 0.5) is 0 Å². The van der Waals surface area contributed by atoms with Gasteiger partial charge in [-0.2, -0.15) is 0 Å². The predicted octanol–water partition coefficient (Wildman–Crippen LogP) is 0.947. The molecule has 8 heteroatoms. The van der Waals surface area contributed by atoms with Gasteiger partial charge in [0, 0.05) is 12.1 Å². The Kier molecular flexibility index (Phi) is 6.75. The summed E-state index contributed by atoms with van der Waals surface area (Å²) in [6.07, 6.45) is -4.44. The first kappa shape index (κ1) is 22.7. The largest absolute Gasteiger partial charge is 0.494 e. The van der Waals surface area contributed by atoms with Crippen molar-refractivity contribution in [2.24, 2.45) is 0 Å². The Morgan fingerprint density at radius 3 is 2.31 bits per heavy atom. The van der Waals surface area contributed by atoms with E-state index in [1.54, 1.807) is 0 Å². The normalized spacial score (nSPS) is 30.9. The van der Waals surface area contributed by atoms with Gasteiger partial charge in [-0.05, 0) is 52.6 Å². The Morgan fingerprint density at radius 2 is 1.72 bits per heavy atom. The molecule has 7 nitrogen and oxygen atoms in total. The molecule has 2 aliphatic heterocycles. The van der Waals surface area contributed by atoms with E-state index in [9.17, 15) is 10.2 Å². The van der Waals surface area contributed by atoms with Gasteiger partial charge in [0.2, 0.25) is 0 Å². The smallest absolute Gasteiger partial charge is 0.404 e. The van der Waals surface area contributed by atoms with E-state index in [1.807, 2.05) is 45.0 Å². The molecule has 3 N–H and O–H groups in total. The van der Waals surface area contributed by atoms with Crippen molar-refractivity contribution in [1.82, 2.24) is 5.32 Å². The molecule has 3 rings (SSSR count). The first-order valence-corrected chi connectivity index (χ1v) is 10.2. The molecular formula is C21H34BNO6. The molecule has 29 heavy (non-hydrogen) atoms. The van der Waals surface area contributed by atoms with Crippen LogP contribution in [-0.2, 0) is 25.3 Å². The highest BCUT2D eigenvalue weighted by Gasteiger charge is 2.50. The number of hydrogen-bond acceptors (Lipinski definition) is 7. The van der Waals surface area contributed by atoms with E-state index in [1.165, 1.54) is 0 Å². The second-order valence-corrected chi connectivity index (χ2v) is 9.87. The molecule has 1 aromatic carbocycles. The minimum absolute atomic E-state index is 0.0514. The van der Waals surface area contributed by atoms with Crippen LogP contribution in [0.1, 0.15) is 47.1 Å². The summed E-state index contributed by atoms with van der Waals surface area (Å²) in [6.45, 7) is 13.0. The lowest BCUT2D eigenvalue weighted by atomic mass is 9.76. The zero-order valence-electron chi connectivity index (χ0n) is 18.2. The third-order valence-corrected chi connectivity index (χ3v) is 4.88. The van der Waals surface area contributed by atoms with Gasteiger partial charge in [0.05, 0.1) is 12.2 Å². The van der Waals surface area contributed by atoms with Gasteiger partial charge in [-0.1, -0.05) is 24.3 Å². The Balaban J connectivity index is 1.62. The van der Waals surface area contributed by atoms with Gasteiger partial charge in [0.1, 0.15) is 24.4 Å². The average Bonchev–Trinajstić information content (AvgIpc) is 2.63. The first-order chi connectivity index (χ1) is 13.4. The molecule has 0 aliphatic carbocycles. The van der Waals surface area contributed by atoms with Crippen molar-refractivity contribution >= 4 is 12.6 Å². The molecule has 162 valence electrons. The summed E-state index contributed by atoms with van der Waals surface area (Å²) in [5, 5.41) is 24.5. The molecular weight excluding hydrogens is 373 g/mol. The van der Waals surface area contributed by atoms with Crippen LogP contribution in [0.2, 0.25) is 0 Å². The highest BCUT2D eigenvalue weighted by atomic mass is 16.7. The van der Waals surface area contributed by atoms with Gasteiger partial charge in [-0.3, -0.25) is 0 Å². The summed E-state index contributed by atoms with van der Waals surface area (Å²) in [4.78, 5) is 0. The van der Waals surface area contributed by atoms with Gasteiger partial charge in [0.15, 0.2) is 6.29 Å². The van der Waals surface area contributed by atoms with E-state index in [4.69, 9.17) is 18.8 Å². The molecule has 2 heterocycles. The van der Waals surface area contributed by atoms with Crippen LogP contribution in [0.15, 0.2) is 24.3 Å². The fourth-order valence-corrected chi connectivity index (χ4v) is 3.35. The summed E-state index contributed by atoms with van der Waals surface area (Å²) in [5.41, 5.74) is 1.56. The zero-order chi connectivity index (χ0) is 21.4. The molecule has 2 saturated heterocycles. The van der Waals surface area contributed by atoms with Gasteiger partial charge in [0.25, 0.3) is 0 Å². The quantitative estimate of drug-likeness (QED) is 0.641. The van der Waals surface area contributed by atoms with Crippen molar-refractivity contribution < 1.29 is 29.0 Å². The lowest BCUT2D eigenvalue weighted by Crippen LogP contribution is -2.66. The van der Waals surface area contributed by atoms with Crippen LogP contribution in [0, 0.1) is 0 Å². The van der Waals surface area contributed by atoms with Crippen LogP contribution in [-0.4, -0.2) is 65.8 Å². The topological polar surface area (TPSA) is 89.4 Å². The van der Waals surface area contributed by atoms with Crippen molar-refractivity contribution in [2.45, 2.75) is 89.9 Å². The number of aliphatic hydroxyl groups excluding tert-OH is 2. The van der Waals surface area contributed by atoms with E-state index < -0.39 is 43.4 Å². The zero-order valence-corrected chi connectivity index (χ0v) is 18.2. The molecule has 2 aliphatic rings. The summed E-state index contributed by atoms with van der Waals surface area (Å²) in [5.74, 6) is 0. The third kappa shape index (κ3) is 6.01. The van der Waals surface area contributed by atoms with Crippen LogP contribution in [0.5, 0.6) is 0 Å². The molecule has 0 aromatic heterocycles. The van der Waals surface area contributed by atoms with E-state index in [0.29, 0.717) is 0 Å². The number of ether oxygens (including phenoxy) is 2. The average molecular weight is 407 g/mol. The van der Waals surface area contributed by atoms with Gasteiger partial charge >= 0.3 is 7.12 Å². The monoisotopic (exact) mass is 407 g/mol. The highest BCUT2D eigenvalue weighted by molar-refractivity contribution is 6.61. The summed E-state index contributed by atoms with van der Waals surface area (Å²) in [7, 11) is -0.619. The second kappa shape index (κ2) is 8.63. The molecule has 2 fully saturated rings. The van der Waals surface area contributed by atoms with Crippen molar-refractivity contribution in [2.75, 3.05) is 6.61 Å². The molecule has 0 unspecified atom stereocenters. The highest BCUT2D eigenvalue weighted by Crippen LogP contribution is 2.30. The molecule has 0 radical (unpaired) electrons. The van der Waals surface area contributed by atoms with Gasteiger partial charge < -0.3 is 34.3 Å². The minimum atomic E-state index is -1.19. The Bertz CT molecular complexity index is 669. The van der Waals surface area contributed by atoms with Gasteiger partial charge in [-0.15, -0.1) is 0 Å². The van der Waals surface area contributed by atoms with Crippen molar-refractivity contribution in [3.05, 3.63) is 29.8 Å². The maximum absolute atomic E-state index is 10.6. The van der Waals surface area contributed by atoms with E-state index in [0.717, 1.165) is 17.6 Å². The number of hydrogen-bond donors (Lipinski definition) is 3. The van der Waals surface area contributed by atoms with E-state index in [2.05, 4.69) is 26.1 Å². The molecule has 1 aromatic rings. The number of aliphatic hydroxyl groups is 2. The third-order valence-electron chi connectivity index (χ3n) is 4.88. The Hall–Kier alpha value is -0.995. The van der Waals surface area contributed by atoms with E-state index >= 15 is 0 Å². The van der Waals surface area contributed by atoms with Crippen molar-refractivity contribution in [3.8, 4) is 0 Å². The molecule has 5 atom stereocenters. The van der Waals surface area contributed by atoms with E-state index in [-0.39, 0.29) is 12.1 Å². The summed E-state index contributed by atoms with van der Waals surface area (Å²) >= 11 is 0. The molecule has 0 spiro atoms. The number of nitrogens with one attached hydrogen (secondary N) is 1. The van der Waals surface area contributed by atoms with Crippen LogP contribution in [0.3, 0.4) is 0 Å².